The lowest BCUT2D eigenvalue weighted by molar-refractivity contribution is 0.411. The molecule has 124 valence electrons. The highest BCUT2D eigenvalue weighted by Gasteiger charge is 2.38. The Kier molecular flexibility index (Phi) is 3.30. The van der Waals surface area contributed by atoms with E-state index in [1.807, 2.05) is 0 Å². The van der Waals surface area contributed by atoms with Crippen molar-refractivity contribution < 1.29 is 4.74 Å². The number of benzene rings is 3. The molecule has 0 saturated heterocycles. The molecule has 0 spiro atoms. The molecule has 25 heavy (non-hydrogen) atoms. The Morgan fingerprint density at radius 3 is 2.64 bits per heavy atom. The van der Waals surface area contributed by atoms with E-state index in [2.05, 4.69) is 78.1 Å². The average molecular weight is 327 g/mol. The van der Waals surface area contributed by atoms with Crippen LogP contribution in [0.1, 0.15) is 29.5 Å². The van der Waals surface area contributed by atoms with Gasteiger partial charge >= 0.3 is 0 Å². The van der Waals surface area contributed by atoms with Crippen LogP contribution >= 0.6 is 0 Å². The maximum atomic E-state index is 5.32. The van der Waals surface area contributed by atoms with Gasteiger partial charge in [0, 0.05) is 17.0 Å². The van der Waals surface area contributed by atoms with Gasteiger partial charge in [0.2, 0.25) is 0 Å². The van der Waals surface area contributed by atoms with E-state index >= 15 is 0 Å². The smallest absolute Gasteiger partial charge is 0.118 e. The van der Waals surface area contributed by atoms with Crippen LogP contribution in [0.5, 0.6) is 5.75 Å². The second-order valence-corrected chi connectivity index (χ2v) is 7.00. The third kappa shape index (κ3) is 2.25. The first-order valence-electron chi connectivity index (χ1n) is 8.94. The zero-order valence-corrected chi connectivity index (χ0v) is 14.3. The molecular weight excluding hydrogens is 306 g/mol. The Labute approximate surface area is 148 Å². The van der Waals surface area contributed by atoms with Gasteiger partial charge in [0.1, 0.15) is 5.75 Å². The summed E-state index contributed by atoms with van der Waals surface area (Å²) >= 11 is 0. The lowest BCUT2D eigenvalue weighted by atomic mass is 9.76. The molecule has 1 aliphatic heterocycles. The van der Waals surface area contributed by atoms with Gasteiger partial charge in [0.15, 0.2) is 0 Å². The Morgan fingerprint density at radius 1 is 0.960 bits per heavy atom. The van der Waals surface area contributed by atoms with E-state index in [1.54, 1.807) is 7.11 Å². The number of rotatable bonds is 2. The van der Waals surface area contributed by atoms with Crippen LogP contribution in [0, 0.1) is 5.92 Å². The van der Waals surface area contributed by atoms with Crippen LogP contribution < -0.4 is 10.1 Å². The van der Waals surface area contributed by atoms with Gasteiger partial charge in [-0.15, -0.1) is 0 Å². The molecule has 3 aromatic rings. The fourth-order valence-corrected chi connectivity index (χ4v) is 4.48. The van der Waals surface area contributed by atoms with E-state index in [0.29, 0.717) is 17.9 Å². The van der Waals surface area contributed by atoms with Crippen molar-refractivity contribution in [3.63, 3.8) is 0 Å². The van der Waals surface area contributed by atoms with Crippen molar-refractivity contribution in [3.8, 4) is 5.75 Å². The van der Waals surface area contributed by atoms with Crippen LogP contribution in [0.25, 0.3) is 10.8 Å². The van der Waals surface area contributed by atoms with Gasteiger partial charge in [0.25, 0.3) is 0 Å². The number of ether oxygens (including phenoxy) is 1. The van der Waals surface area contributed by atoms with E-state index in [0.717, 1.165) is 12.2 Å². The van der Waals surface area contributed by atoms with Crippen molar-refractivity contribution in [1.29, 1.82) is 0 Å². The van der Waals surface area contributed by atoms with Gasteiger partial charge < -0.3 is 10.1 Å². The predicted octanol–water partition coefficient (Wildman–Crippen LogP) is 5.67. The summed E-state index contributed by atoms with van der Waals surface area (Å²) in [6.07, 6.45) is 5.87. The van der Waals surface area contributed by atoms with Gasteiger partial charge in [-0.05, 0) is 41.0 Å². The maximum absolute atomic E-state index is 5.32. The monoisotopic (exact) mass is 327 g/mol. The number of anilines is 1. The molecule has 0 saturated carbocycles. The lowest BCUT2D eigenvalue weighted by Gasteiger charge is -2.38. The van der Waals surface area contributed by atoms with Crippen LogP contribution in [-0.4, -0.2) is 7.11 Å². The zero-order valence-electron chi connectivity index (χ0n) is 14.3. The Balaban J connectivity index is 1.65. The van der Waals surface area contributed by atoms with Crippen molar-refractivity contribution in [2.45, 2.75) is 18.4 Å². The number of allylic oxidation sites excluding steroid dienone is 2. The van der Waals surface area contributed by atoms with Gasteiger partial charge in [-0.25, -0.2) is 0 Å². The highest BCUT2D eigenvalue weighted by atomic mass is 16.5. The fraction of sp³-hybridized carbons (Fsp3) is 0.217. The molecule has 2 heteroatoms. The summed E-state index contributed by atoms with van der Waals surface area (Å²) in [5.74, 6) is 1.97. The van der Waals surface area contributed by atoms with Crippen LogP contribution in [-0.2, 0) is 0 Å². The van der Waals surface area contributed by atoms with Crippen LogP contribution in [0.2, 0.25) is 0 Å². The summed E-state index contributed by atoms with van der Waals surface area (Å²) in [6, 6.07) is 22.1. The third-order valence-electron chi connectivity index (χ3n) is 5.74. The molecule has 3 unspecified atom stereocenters. The molecule has 0 radical (unpaired) electrons. The predicted molar refractivity (Wildman–Crippen MR) is 103 cm³/mol. The largest absolute Gasteiger partial charge is 0.497 e. The van der Waals surface area contributed by atoms with Gasteiger partial charge in [-0.2, -0.15) is 0 Å². The van der Waals surface area contributed by atoms with Crippen molar-refractivity contribution >= 4 is 16.5 Å². The Bertz CT molecular complexity index is 957. The van der Waals surface area contributed by atoms with E-state index in [1.165, 1.54) is 27.6 Å². The molecule has 1 N–H and O–H groups in total. The van der Waals surface area contributed by atoms with Gasteiger partial charge in [-0.1, -0.05) is 60.7 Å². The molecule has 0 bridgehead atoms. The van der Waals surface area contributed by atoms with E-state index in [-0.39, 0.29) is 0 Å². The summed E-state index contributed by atoms with van der Waals surface area (Å²) < 4.78 is 5.32. The molecular formula is C23H21NO. The molecule has 0 amide bonds. The van der Waals surface area contributed by atoms with Gasteiger partial charge in [-0.3, -0.25) is 0 Å². The zero-order chi connectivity index (χ0) is 16.8. The minimum atomic E-state index is 0.323. The minimum absolute atomic E-state index is 0.323. The summed E-state index contributed by atoms with van der Waals surface area (Å²) in [5, 5.41) is 6.50. The molecule has 3 aromatic carbocycles. The van der Waals surface area contributed by atoms with Crippen LogP contribution in [0.3, 0.4) is 0 Å². The number of methoxy groups -OCH3 is 1. The van der Waals surface area contributed by atoms with Crippen LogP contribution in [0.4, 0.5) is 5.69 Å². The highest BCUT2D eigenvalue weighted by molar-refractivity contribution is 5.96. The van der Waals surface area contributed by atoms with E-state index in [9.17, 15) is 0 Å². The summed E-state index contributed by atoms with van der Waals surface area (Å²) in [6.45, 7) is 0. The van der Waals surface area contributed by atoms with Crippen molar-refractivity contribution in [2.24, 2.45) is 5.92 Å². The maximum Gasteiger partial charge on any atom is 0.118 e. The molecule has 2 aliphatic rings. The molecule has 5 rings (SSSR count). The minimum Gasteiger partial charge on any atom is -0.497 e. The average Bonchev–Trinajstić information content (AvgIpc) is 3.17. The normalized spacial score (nSPS) is 23.8. The molecule has 2 nitrogen and oxygen atoms in total. The molecule has 0 fully saturated rings. The van der Waals surface area contributed by atoms with Crippen molar-refractivity contribution in [1.82, 2.24) is 0 Å². The molecule has 3 atom stereocenters. The van der Waals surface area contributed by atoms with Crippen molar-refractivity contribution in [2.75, 3.05) is 12.4 Å². The first-order valence-corrected chi connectivity index (χ1v) is 8.94. The number of fused-ring (bicyclic) bond motifs is 5. The molecule has 0 aromatic heterocycles. The fourth-order valence-electron chi connectivity index (χ4n) is 4.48. The highest BCUT2D eigenvalue weighted by Crippen LogP contribution is 2.51. The SMILES string of the molecule is COc1ccc(C2Nc3c(ccc4ccccc34)C3C=CCC32)cc1. The van der Waals surface area contributed by atoms with E-state index < -0.39 is 0 Å². The van der Waals surface area contributed by atoms with Crippen LogP contribution in [0.15, 0.2) is 72.8 Å². The molecule has 1 heterocycles. The number of hydrogen-bond acceptors (Lipinski definition) is 2. The Hall–Kier alpha value is -2.74. The standard InChI is InChI=1S/C23H21NO/c1-25-17-12-9-16(10-13-17)22-20-8-4-7-19(20)21-14-11-15-5-2-3-6-18(15)23(21)24-22/h2-7,9-14,19-20,22,24H,8H2,1H3. The summed E-state index contributed by atoms with van der Waals surface area (Å²) in [4.78, 5) is 0. The van der Waals surface area contributed by atoms with Crippen molar-refractivity contribution in [3.05, 3.63) is 83.9 Å². The molecule has 1 aliphatic carbocycles. The first-order chi connectivity index (χ1) is 12.3. The Morgan fingerprint density at radius 2 is 1.80 bits per heavy atom. The second-order valence-electron chi connectivity index (χ2n) is 7.00. The lowest BCUT2D eigenvalue weighted by Crippen LogP contribution is -2.29. The van der Waals surface area contributed by atoms with Gasteiger partial charge in [0.05, 0.1) is 13.2 Å². The first kappa shape index (κ1) is 14.6. The second kappa shape index (κ2) is 5.66. The third-order valence-corrected chi connectivity index (χ3v) is 5.74. The topological polar surface area (TPSA) is 21.3 Å². The quantitative estimate of drug-likeness (QED) is 0.612. The number of hydrogen-bond donors (Lipinski definition) is 1. The number of nitrogens with one attached hydrogen (secondary N) is 1. The summed E-state index contributed by atoms with van der Waals surface area (Å²) in [5.41, 5.74) is 4.06. The summed E-state index contributed by atoms with van der Waals surface area (Å²) in [7, 11) is 1.72. The van der Waals surface area contributed by atoms with E-state index in [4.69, 9.17) is 4.74 Å².